The molecule has 0 atom stereocenters. The van der Waals surface area contributed by atoms with Crippen molar-refractivity contribution in [3.8, 4) is 5.75 Å². The van der Waals surface area contributed by atoms with Crippen molar-refractivity contribution in [3.63, 3.8) is 0 Å². The molecule has 0 saturated carbocycles. The molecule has 1 rings (SSSR count). The Morgan fingerprint density at radius 2 is 2.29 bits per heavy atom. The first kappa shape index (κ1) is 13.3. The van der Waals surface area contributed by atoms with E-state index in [2.05, 4.69) is 11.9 Å². The Kier molecular flexibility index (Phi) is 5.27. The van der Waals surface area contributed by atoms with Crippen molar-refractivity contribution < 1.29 is 9.53 Å². The van der Waals surface area contributed by atoms with Crippen LogP contribution in [0.25, 0.3) is 0 Å². The number of benzene rings is 1. The first-order valence-electron chi connectivity index (χ1n) is 5.74. The van der Waals surface area contributed by atoms with Crippen LogP contribution in [0.15, 0.2) is 30.9 Å². The maximum absolute atomic E-state index is 11.2. The third kappa shape index (κ3) is 3.94. The zero-order valence-corrected chi connectivity index (χ0v) is 10.5. The predicted octanol–water partition coefficient (Wildman–Crippen LogP) is 2.45. The van der Waals surface area contributed by atoms with Gasteiger partial charge in [0, 0.05) is 13.0 Å². The third-order valence-electron chi connectivity index (χ3n) is 2.52. The lowest BCUT2D eigenvalue weighted by molar-refractivity contribution is -0.120. The Hall–Kier alpha value is -1.77. The van der Waals surface area contributed by atoms with E-state index in [9.17, 15) is 4.79 Å². The molecular weight excluding hydrogens is 214 g/mol. The quantitative estimate of drug-likeness (QED) is 0.766. The first-order valence-corrected chi connectivity index (χ1v) is 5.74. The van der Waals surface area contributed by atoms with Crippen molar-refractivity contribution >= 4 is 5.91 Å². The van der Waals surface area contributed by atoms with Crippen LogP contribution in [0, 0.1) is 0 Å². The van der Waals surface area contributed by atoms with Crippen LogP contribution in [-0.4, -0.2) is 13.0 Å². The van der Waals surface area contributed by atoms with Crippen molar-refractivity contribution in [2.75, 3.05) is 7.11 Å². The second kappa shape index (κ2) is 6.74. The van der Waals surface area contributed by atoms with Gasteiger partial charge in [-0.2, -0.15) is 0 Å². The van der Waals surface area contributed by atoms with E-state index < -0.39 is 0 Å². The SMILES string of the molecule is C=CCc1cc(CNC(=O)CC)ccc1OC. The molecule has 0 saturated heterocycles. The lowest BCUT2D eigenvalue weighted by Crippen LogP contribution is -2.21. The van der Waals surface area contributed by atoms with Gasteiger partial charge in [0.2, 0.25) is 5.91 Å². The molecule has 0 spiro atoms. The van der Waals surface area contributed by atoms with Gasteiger partial charge in [-0.3, -0.25) is 4.79 Å². The summed E-state index contributed by atoms with van der Waals surface area (Å²) in [5.41, 5.74) is 2.16. The van der Waals surface area contributed by atoms with Crippen LogP contribution in [0.5, 0.6) is 5.75 Å². The minimum atomic E-state index is 0.0612. The third-order valence-corrected chi connectivity index (χ3v) is 2.52. The molecule has 3 nitrogen and oxygen atoms in total. The minimum Gasteiger partial charge on any atom is -0.496 e. The van der Waals surface area contributed by atoms with E-state index in [0.29, 0.717) is 13.0 Å². The molecular formula is C14H19NO2. The summed E-state index contributed by atoms with van der Waals surface area (Å²) in [5.74, 6) is 0.918. The Balaban J connectivity index is 2.77. The molecule has 92 valence electrons. The van der Waals surface area contributed by atoms with Gasteiger partial charge in [-0.15, -0.1) is 6.58 Å². The summed E-state index contributed by atoms with van der Waals surface area (Å²) in [6.07, 6.45) is 3.11. The Labute approximate surface area is 102 Å². The number of methoxy groups -OCH3 is 1. The highest BCUT2D eigenvalue weighted by molar-refractivity contribution is 5.75. The van der Waals surface area contributed by atoms with Crippen molar-refractivity contribution in [2.24, 2.45) is 0 Å². The van der Waals surface area contributed by atoms with Crippen molar-refractivity contribution in [3.05, 3.63) is 42.0 Å². The Morgan fingerprint density at radius 3 is 2.88 bits per heavy atom. The van der Waals surface area contributed by atoms with Crippen molar-refractivity contribution in [2.45, 2.75) is 26.3 Å². The van der Waals surface area contributed by atoms with Crippen LogP contribution in [0.3, 0.4) is 0 Å². The molecule has 1 amide bonds. The Bertz CT molecular complexity index is 399. The van der Waals surface area contributed by atoms with Crippen LogP contribution in [0.2, 0.25) is 0 Å². The summed E-state index contributed by atoms with van der Waals surface area (Å²) in [5, 5.41) is 2.85. The molecule has 0 heterocycles. The van der Waals surface area contributed by atoms with Gasteiger partial charge >= 0.3 is 0 Å². The first-order chi connectivity index (χ1) is 8.21. The van der Waals surface area contributed by atoms with Crippen molar-refractivity contribution in [1.82, 2.24) is 5.32 Å². The van der Waals surface area contributed by atoms with Gasteiger partial charge in [0.05, 0.1) is 7.11 Å². The van der Waals surface area contributed by atoms with E-state index in [0.717, 1.165) is 23.3 Å². The standard InChI is InChI=1S/C14H19NO2/c1-4-6-12-9-11(7-8-13(12)17-3)10-15-14(16)5-2/h4,7-9H,1,5-6,10H2,2-3H3,(H,15,16). The monoisotopic (exact) mass is 233 g/mol. The number of hydrogen-bond acceptors (Lipinski definition) is 2. The molecule has 0 aliphatic rings. The molecule has 17 heavy (non-hydrogen) atoms. The van der Waals surface area contributed by atoms with Gasteiger partial charge in [-0.1, -0.05) is 25.1 Å². The normalized spacial score (nSPS) is 9.76. The maximum Gasteiger partial charge on any atom is 0.219 e. The molecule has 0 fully saturated rings. The summed E-state index contributed by atoms with van der Waals surface area (Å²) >= 11 is 0. The second-order valence-electron chi connectivity index (χ2n) is 3.77. The van der Waals surface area contributed by atoms with E-state index in [1.807, 2.05) is 31.2 Å². The molecule has 1 N–H and O–H groups in total. The number of rotatable bonds is 6. The molecule has 3 heteroatoms. The van der Waals surface area contributed by atoms with Crippen LogP contribution in [-0.2, 0) is 17.8 Å². The highest BCUT2D eigenvalue weighted by Crippen LogP contribution is 2.20. The number of allylic oxidation sites excluding steroid dienone is 1. The minimum absolute atomic E-state index is 0.0612. The van der Waals surface area contributed by atoms with Crippen LogP contribution in [0.1, 0.15) is 24.5 Å². The summed E-state index contributed by atoms with van der Waals surface area (Å²) in [6.45, 7) is 6.12. The topological polar surface area (TPSA) is 38.3 Å². The molecule has 0 aliphatic carbocycles. The van der Waals surface area contributed by atoms with Gasteiger partial charge in [0.1, 0.15) is 5.75 Å². The number of hydrogen-bond donors (Lipinski definition) is 1. The van der Waals surface area contributed by atoms with Gasteiger partial charge in [-0.05, 0) is 23.6 Å². The average Bonchev–Trinajstić information content (AvgIpc) is 2.36. The fourth-order valence-electron chi connectivity index (χ4n) is 1.58. The highest BCUT2D eigenvalue weighted by atomic mass is 16.5. The van der Waals surface area contributed by atoms with Gasteiger partial charge in [0.25, 0.3) is 0 Å². The van der Waals surface area contributed by atoms with Crippen LogP contribution in [0.4, 0.5) is 0 Å². The number of nitrogens with one attached hydrogen (secondary N) is 1. The van der Waals surface area contributed by atoms with Crippen molar-refractivity contribution in [1.29, 1.82) is 0 Å². The maximum atomic E-state index is 11.2. The summed E-state index contributed by atoms with van der Waals surface area (Å²) in [6, 6.07) is 5.92. The molecule has 0 bridgehead atoms. The molecule has 1 aromatic rings. The molecule has 0 aromatic heterocycles. The van der Waals surface area contributed by atoms with E-state index in [-0.39, 0.29) is 5.91 Å². The van der Waals surface area contributed by atoms with E-state index >= 15 is 0 Å². The summed E-state index contributed by atoms with van der Waals surface area (Å²) in [7, 11) is 1.65. The predicted molar refractivity (Wildman–Crippen MR) is 69.0 cm³/mol. The summed E-state index contributed by atoms with van der Waals surface area (Å²) in [4.78, 5) is 11.2. The molecule has 0 radical (unpaired) electrons. The van der Waals surface area contributed by atoms with Gasteiger partial charge in [0.15, 0.2) is 0 Å². The largest absolute Gasteiger partial charge is 0.496 e. The Morgan fingerprint density at radius 1 is 1.53 bits per heavy atom. The molecule has 0 unspecified atom stereocenters. The second-order valence-corrected chi connectivity index (χ2v) is 3.77. The number of ether oxygens (including phenoxy) is 1. The summed E-state index contributed by atoms with van der Waals surface area (Å²) < 4.78 is 5.26. The number of amides is 1. The average molecular weight is 233 g/mol. The van der Waals surface area contributed by atoms with E-state index in [4.69, 9.17) is 4.74 Å². The molecule has 0 aliphatic heterocycles. The van der Waals surface area contributed by atoms with E-state index in [1.165, 1.54) is 0 Å². The fourth-order valence-corrected chi connectivity index (χ4v) is 1.58. The molecule has 1 aromatic carbocycles. The number of carbonyl (C=O) groups is 1. The smallest absolute Gasteiger partial charge is 0.219 e. The fraction of sp³-hybridized carbons (Fsp3) is 0.357. The van der Waals surface area contributed by atoms with Crippen LogP contribution >= 0.6 is 0 Å². The van der Waals surface area contributed by atoms with Gasteiger partial charge in [-0.25, -0.2) is 0 Å². The zero-order valence-electron chi connectivity index (χ0n) is 10.5. The number of carbonyl (C=O) groups excluding carboxylic acids is 1. The van der Waals surface area contributed by atoms with Crippen LogP contribution < -0.4 is 10.1 Å². The lowest BCUT2D eigenvalue weighted by atomic mass is 10.1. The van der Waals surface area contributed by atoms with E-state index in [1.54, 1.807) is 7.11 Å². The lowest BCUT2D eigenvalue weighted by Gasteiger charge is -2.10. The van der Waals surface area contributed by atoms with Gasteiger partial charge < -0.3 is 10.1 Å². The highest BCUT2D eigenvalue weighted by Gasteiger charge is 2.04. The zero-order chi connectivity index (χ0) is 12.7.